The van der Waals surface area contributed by atoms with E-state index in [2.05, 4.69) is 22.4 Å². The van der Waals surface area contributed by atoms with E-state index in [-0.39, 0.29) is 11.9 Å². The summed E-state index contributed by atoms with van der Waals surface area (Å²) in [6.07, 6.45) is 7.57. The highest BCUT2D eigenvalue weighted by molar-refractivity contribution is 7.16. The highest BCUT2D eigenvalue weighted by atomic mass is 35.5. The van der Waals surface area contributed by atoms with Crippen LogP contribution in [0.1, 0.15) is 37.0 Å². The molecule has 1 aliphatic heterocycles. The van der Waals surface area contributed by atoms with E-state index in [1.807, 2.05) is 6.07 Å². The van der Waals surface area contributed by atoms with Crippen LogP contribution >= 0.6 is 22.9 Å². The molecule has 6 heteroatoms. The van der Waals surface area contributed by atoms with E-state index in [1.54, 1.807) is 11.3 Å². The average Bonchev–Trinajstić information content (AvgIpc) is 3.01. The van der Waals surface area contributed by atoms with Crippen molar-refractivity contribution >= 4 is 28.8 Å². The third-order valence-corrected chi connectivity index (χ3v) is 5.87. The van der Waals surface area contributed by atoms with Crippen molar-refractivity contribution in [1.29, 1.82) is 0 Å². The van der Waals surface area contributed by atoms with Gasteiger partial charge in [-0.1, -0.05) is 23.3 Å². The number of carbonyl (C=O) groups is 1. The summed E-state index contributed by atoms with van der Waals surface area (Å²) in [6, 6.07) is 4.14. The average molecular weight is 369 g/mol. The highest BCUT2D eigenvalue weighted by Gasteiger charge is 2.25. The summed E-state index contributed by atoms with van der Waals surface area (Å²) in [7, 11) is 0. The molecule has 1 aliphatic carbocycles. The number of halogens is 1. The summed E-state index contributed by atoms with van der Waals surface area (Å²) in [5.41, 5.74) is 1.37. The van der Waals surface area contributed by atoms with Crippen LogP contribution in [0.25, 0.3) is 0 Å². The molecule has 1 amide bonds. The first kappa shape index (κ1) is 17.9. The van der Waals surface area contributed by atoms with E-state index in [1.165, 1.54) is 23.3 Å². The number of nitrogens with one attached hydrogen (secondary N) is 1. The molecule has 132 valence electrons. The van der Waals surface area contributed by atoms with E-state index in [0.717, 1.165) is 36.9 Å². The van der Waals surface area contributed by atoms with Gasteiger partial charge in [0.25, 0.3) is 0 Å². The standard InChI is InChI=1S/C18H25ClN2O2S/c19-17-7-6-16(24-17)12-21-8-9-23-13-15(21)10-18(22)20-11-14-4-2-1-3-5-14/h4,6-7,15H,1-3,5,8-13H2,(H,20,22). The fourth-order valence-electron chi connectivity index (χ4n) is 3.29. The smallest absolute Gasteiger partial charge is 0.221 e. The van der Waals surface area contributed by atoms with Gasteiger partial charge in [-0.05, 0) is 37.8 Å². The number of hydrogen-bond acceptors (Lipinski definition) is 4. The van der Waals surface area contributed by atoms with Gasteiger partial charge < -0.3 is 10.1 Å². The van der Waals surface area contributed by atoms with Crippen LogP contribution in [0.3, 0.4) is 0 Å². The van der Waals surface area contributed by atoms with E-state index in [9.17, 15) is 4.79 Å². The van der Waals surface area contributed by atoms with Gasteiger partial charge >= 0.3 is 0 Å². The van der Waals surface area contributed by atoms with Crippen molar-refractivity contribution < 1.29 is 9.53 Å². The number of carbonyl (C=O) groups excluding carboxylic acids is 1. The summed E-state index contributed by atoms with van der Waals surface area (Å²) in [4.78, 5) is 15.9. The number of nitrogens with zero attached hydrogens (tertiary/aromatic N) is 1. The SMILES string of the molecule is O=C(CC1COCCN1Cc1ccc(Cl)s1)NCC1=CCCCC1. The fourth-order valence-corrected chi connectivity index (χ4v) is 4.40. The number of hydrogen-bond donors (Lipinski definition) is 1. The Bertz CT molecular complexity index is 587. The lowest BCUT2D eigenvalue weighted by atomic mass is 9.99. The quantitative estimate of drug-likeness (QED) is 0.780. The zero-order valence-corrected chi connectivity index (χ0v) is 15.5. The second-order valence-corrected chi connectivity index (χ2v) is 8.29. The van der Waals surface area contributed by atoms with Gasteiger partial charge in [-0.25, -0.2) is 0 Å². The summed E-state index contributed by atoms with van der Waals surface area (Å²) >= 11 is 7.63. The maximum Gasteiger partial charge on any atom is 0.221 e. The zero-order valence-electron chi connectivity index (χ0n) is 13.9. The van der Waals surface area contributed by atoms with Gasteiger partial charge in [0, 0.05) is 37.0 Å². The lowest BCUT2D eigenvalue weighted by Gasteiger charge is -2.35. The molecule has 1 saturated heterocycles. The summed E-state index contributed by atoms with van der Waals surface area (Å²) in [5.74, 6) is 0.117. The van der Waals surface area contributed by atoms with Crippen LogP contribution in [-0.4, -0.2) is 43.2 Å². The molecule has 1 atom stereocenters. The summed E-state index contributed by atoms with van der Waals surface area (Å²) < 4.78 is 6.41. The lowest BCUT2D eigenvalue weighted by molar-refractivity contribution is -0.124. The first-order valence-corrected chi connectivity index (χ1v) is 9.91. The number of ether oxygens (including phenoxy) is 1. The lowest BCUT2D eigenvalue weighted by Crippen LogP contribution is -2.47. The van der Waals surface area contributed by atoms with Crippen LogP contribution in [-0.2, 0) is 16.1 Å². The summed E-state index contributed by atoms with van der Waals surface area (Å²) in [5, 5.41) is 3.08. The molecular weight excluding hydrogens is 344 g/mol. The van der Waals surface area contributed by atoms with Crippen LogP contribution in [0.5, 0.6) is 0 Å². The molecule has 0 radical (unpaired) electrons. The molecule has 1 fully saturated rings. The summed E-state index contributed by atoms with van der Waals surface area (Å²) in [6.45, 7) is 3.74. The van der Waals surface area contributed by atoms with Gasteiger partial charge in [0.15, 0.2) is 0 Å². The second kappa shape index (κ2) is 8.99. The molecule has 2 heterocycles. The molecule has 24 heavy (non-hydrogen) atoms. The molecule has 2 aliphatic rings. The van der Waals surface area contributed by atoms with Gasteiger partial charge in [-0.3, -0.25) is 9.69 Å². The molecule has 1 N–H and O–H groups in total. The predicted octanol–water partition coefficient (Wildman–Crippen LogP) is 3.61. The third kappa shape index (κ3) is 5.31. The molecule has 1 unspecified atom stereocenters. The maximum absolute atomic E-state index is 12.3. The maximum atomic E-state index is 12.3. The van der Waals surface area contributed by atoms with Crippen LogP contribution in [0, 0.1) is 0 Å². The molecule has 0 spiro atoms. The van der Waals surface area contributed by atoms with Gasteiger partial charge in [0.1, 0.15) is 0 Å². The molecule has 1 aromatic heterocycles. The van der Waals surface area contributed by atoms with E-state index in [4.69, 9.17) is 16.3 Å². The third-order valence-electron chi connectivity index (χ3n) is 4.66. The second-order valence-electron chi connectivity index (χ2n) is 6.49. The van der Waals surface area contributed by atoms with Crippen molar-refractivity contribution in [3.8, 4) is 0 Å². The number of rotatable bonds is 6. The van der Waals surface area contributed by atoms with E-state index >= 15 is 0 Å². The highest BCUT2D eigenvalue weighted by Crippen LogP contribution is 2.24. The fraction of sp³-hybridized carbons (Fsp3) is 0.611. The van der Waals surface area contributed by atoms with Gasteiger partial charge in [0.05, 0.1) is 17.6 Å². The van der Waals surface area contributed by atoms with E-state index in [0.29, 0.717) is 19.6 Å². The topological polar surface area (TPSA) is 41.6 Å². The first-order valence-electron chi connectivity index (χ1n) is 8.71. The molecule has 1 aromatic rings. The molecule has 0 saturated carbocycles. The number of amides is 1. The Morgan fingerprint density at radius 1 is 1.42 bits per heavy atom. The Kier molecular flexibility index (Phi) is 6.72. The molecule has 0 aromatic carbocycles. The monoisotopic (exact) mass is 368 g/mol. The minimum atomic E-state index is 0.117. The molecular formula is C18H25ClN2O2S. The Balaban J connectivity index is 1.49. The zero-order chi connectivity index (χ0) is 16.8. The van der Waals surface area contributed by atoms with Crippen LogP contribution in [0.15, 0.2) is 23.8 Å². The van der Waals surface area contributed by atoms with Crippen LogP contribution < -0.4 is 5.32 Å². The number of thiophene rings is 1. The van der Waals surface area contributed by atoms with Crippen molar-refractivity contribution in [2.24, 2.45) is 0 Å². The Morgan fingerprint density at radius 2 is 2.33 bits per heavy atom. The van der Waals surface area contributed by atoms with Crippen molar-refractivity contribution in [2.75, 3.05) is 26.3 Å². The largest absolute Gasteiger partial charge is 0.378 e. The van der Waals surface area contributed by atoms with E-state index < -0.39 is 0 Å². The minimum Gasteiger partial charge on any atom is -0.378 e. The van der Waals surface area contributed by atoms with Crippen LogP contribution in [0.4, 0.5) is 0 Å². The number of morpholine rings is 1. The van der Waals surface area contributed by atoms with Crippen molar-refractivity contribution in [3.63, 3.8) is 0 Å². The van der Waals surface area contributed by atoms with Gasteiger partial charge in [-0.2, -0.15) is 0 Å². The normalized spacial score (nSPS) is 22.2. The first-order chi connectivity index (χ1) is 11.7. The van der Waals surface area contributed by atoms with Crippen molar-refractivity contribution in [3.05, 3.63) is 33.0 Å². The van der Waals surface area contributed by atoms with Crippen LogP contribution in [0.2, 0.25) is 4.34 Å². The van der Waals surface area contributed by atoms with Crippen molar-refractivity contribution in [2.45, 2.75) is 44.7 Å². The molecule has 4 nitrogen and oxygen atoms in total. The van der Waals surface area contributed by atoms with Crippen molar-refractivity contribution in [1.82, 2.24) is 10.2 Å². The molecule has 3 rings (SSSR count). The van der Waals surface area contributed by atoms with Gasteiger partial charge in [0.2, 0.25) is 5.91 Å². The number of allylic oxidation sites excluding steroid dienone is 1. The Hall–Kier alpha value is -0.880. The minimum absolute atomic E-state index is 0.117. The molecule has 0 bridgehead atoms. The predicted molar refractivity (Wildman–Crippen MR) is 98.5 cm³/mol. The Morgan fingerprint density at radius 3 is 3.08 bits per heavy atom. The Labute approximate surface area is 152 Å². The van der Waals surface area contributed by atoms with Gasteiger partial charge in [-0.15, -0.1) is 11.3 Å².